The molecule has 0 aliphatic carbocycles. The van der Waals surface area contributed by atoms with Crippen LogP contribution < -0.4 is 20.4 Å². The zero-order valence-electron chi connectivity index (χ0n) is 57.5. The van der Waals surface area contributed by atoms with Gasteiger partial charge in [0.15, 0.2) is 23.0 Å². The molecule has 0 aromatic heterocycles. The third-order valence-corrected chi connectivity index (χ3v) is 19.0. The van der Waals surface area contributed by atoms with Gasteiger partial charge in [-0.2, -0.15) is 9.15 Å². The highest BCUT2D eigenvalue weighted by Gasteiger charge is 2.45. The Morgan fingerprint density at radius 1 is 0.505 bits per heavy atom. The van der Waals surface area contributed by atoms with Crippen LogP contribution in [0.4, 0.5) is 22.7 Å². The van der Waals surface area contributed by atoms with Crippen LogP contribution >= 0.6 is 0 Å². The number of carbonyl (C=O) groups is 4. The molecule has 496 valence electrons. The van der Waals surface area contributed by atoms with E-state index >= 15 is 0 Å². The van der Waals surface area contributed by atoms with E-state index in [1.807, 2.05) is 32.1 Å². The number of nitrogens with one attached hydrogen (secondary N) is 2. The molecule has 2 amide bonds. The van der Waals surface area contributed by atoms with Crippen molar-refractivity contribution in [3.63, 3.8) is 0 Å². The largest absolute Gasteiger partial charge is 0.744 e. The van der Waals surface area contributed by atoms with Gasteiger partial charge in [-0.15, -0.1) is 26.3 Å². The van der Waals surface area contributed by atoms with E-state index in [9.17, 15) is 32.1 Å². The number of hydrogen-bond donors (Lipinski definition) is 2. The molecule has 0 unspecified atom stereocenters. The summed E-state index contributed by atoms with van der Waals surface area (Å²) >= 11 is 0. The summed E-state index contributed by atoms with van der Waals surface area (Å²) in [7, 11) is -0.343. The van der Waals surface area contributed by atoms with Crippen LogP contribution in [0.2, 0.25) is 0 Å². The molecule has 0 atom stereocenters. The van der Waals surface area contributed by atoms with Crippen LogP contribution in [0.3, 0.4) is 0 Å². The Hall–Kier alpha value is -8.33. The first-order chi connectivity index (χ1) is 44.2. The van der Waals surface area contributed by atoms with Gasteiger partial charge in [0.25, 0.3) is 0 Å². The molecule has 14 heteroatoms. The second-order valence-corrected chi connectivity index (χ2v) is 27.3. The van der Waals surface area contributed by atoms with Crippen LogP contribution in [0.5, 0.6) is 0 Å². The summed E-state index contributed by atoms with van der Waals surface area (Å²) < 4.78 is 40.2. The topological polar surface area (TPSA) is 162 Å². The van der Waals surface area contributed by atoms with Gasteiger partial charge in [0, 0.05) is 121 Å². The molecule has 4 aliphatic heterocycles. The van der Waals surface area contributed by atoms with E-state index in [-0.39, 0.29) is 44.5 Å². The third kappa shape index (κ3) is 18.5. The van der Waals surface area contributed by atoms with Crippen molar-refractivity contribution in [2.24, 2.45) is 0 Å². The van der Waals surface area contributed by atoms with E-state index in [0.717, 1.165) is 62.0 Å². The highest BCUT2D eigenvalue weighted by Crippen LogP contribution is 2.50. The summed E-state index contributed by atoms with van der Waals surface area (Å²) in [5.74, 6) is 0.0365. The predicted molar refractivity (Wildman–Crippen MR) is 385 cm³/mol. The number of hydrogen-bond acceptors (Lipinski definition) is 9. The van der Waals surface area contributed by atoms with Crippen LogP contribution in [0.25, 0.3) is 0 Å². The molecule has 4 heterocycles. The second kappa shape index (κ2) is 34.0. The van der Waals surface area contributed by atoms with Gasteiger partial charge in [-0.05, 0) is 139 Å². The Kier molecular flexibility index (Phi) is 27.6. The zero-order chi connectivity index (χ0) is 68.9. The summed E-state index contributed by atoms with van der Waals surface area (Å²) in [6.45, 7) is 41.5. The molecule has 8 rings (SSSR count). The fraction of sp³-hybridized carbons (Fsp3) is 0.392. The molecule has 0 spiro atoms. The van der Waals surface area contributed by atoms with Crippen molar-refractivity contribution in [2.75, 3.05) is 50.1 Å². The van der Waals surface area contributed by atoms with Crippen molar-refractivity contribution in [3.05, 3.63) is 224 Å². The molecule has 0 saturated carbocycles. The Morgan fingerprint density at radius 2 is 0.968 bits per heavy atom. The molecule has 0 radical (unpaired) electrons. The van der Waals surface area contributed by atoms with Crippen LogP contribution in [0.15, 0.2) is 201 Å². The lowest BCUT2D eigenvalue weighted by Gasteiger charge is -2.27. The number of anilines is 2. The highest BCUT2D eigenvalue weighted by atomic mass is 32.2. The Bertz CT molecular complexity index is 3720. The third-order valence-electron chi connectivity index (χ3n) is 18.2. The summed E-state index contributed by atoms with van der Waals surface area (Å²) in [4.78, 5) is 51.5. The van der Waals surface area contributed by atoms with E-state index in [0.29, 0.717) is 58.2 Å². The van der Waals surface area contributed by atoms with Crippen molar-refractivity contribution in [1.82, 2.24) is 10.6 Å². The summed E-state index contributed by atoms with van der Waals surface area (Å²) in [6, 6.07) is 28.6. The number of amides is 2. The quantitative estimate of drug-likeness (QED) is 0.0141. The summed E-state index contributed by atoms with van der Waals surface area (Å²) in [5, 5.41) is 5.80. The summed E-state index contributed by atoms with van der Waals surface area (Å²) in [5.41, 5.74) is 14.7. The van der Waals surface area contributed by atoms with E-state index in [2.05, 4.69) is 229 Å². The SMILES string of the molecule is C=C.C=C.C=CC(=O)CCCNC(=O)CCCCCN1C(=CC=CC2=[N+](C)c3ccccc3C2(C)C)C(C)(C)c2ccccc21.C=CC(=O)CCCNC(=O)CCCCCN1C(=CC=CC=CC2=[N+](C)c3ccc(C)cc3C2(C)C)C(C)(C)c2cc(S(=O)(=O)[O-])ccc21. The van der Waals surface area contributed by atoms with Crippen LogP contribution in [0.1, 0.15) is 160 Å². The maximum absolute atomic E-state index is 12.2. The normalized spacial score (nSPS) is 16.9. The first kappa shape index (κ1) is 75.4. The van der Waals surface area contributed by atoms with Gasteiger partial charge in [0.05, 0.1) is 15.7 Å². The van der Waals surface area contributed by atoms with Gasteiger partial charge < -0.3 is 25.0 Å². The van der Waals surface area contributed by atoms with Crippen molar-refractivity contribution >= 4 is 67.7 Å². The lowest BCUT2D eigenvalue weighted by Crippen LogP contribution is -2.28. The number of unbranched alkanes of at least 4 members (excludes halogenated alkanes) is 4. The van der Waals surface area contributed by atoms with Gasteiger partial charge in [-0.3, -0.25) is 19.2 Å². The highest BCUT2D eigenvalue weighted by molar-refractivity contribution is 7.85. The molecule has 0 fully saturated rings. The number of fused-ring (bicyclic) bond motifs is 4. The van der Waals surface area contributed by atoms with E-state index in [4.69, 9.17) is 0 Å². The number of benzene rings is 4. The van der Waals surface area contributed by atoms with E-state index < -0.39 is 15.5 Å². The maximum Gasteiger partial charge on any atom is 0.219 e. The molecule has 0 bridgehead atoms. The molecule has 2 N–H and O–H groups in total. The monoisotopic (exact) mass is 1280 g/mol. The van der Waals surface area contributed by atoms with Gasteiger partial charge in [-0.25, -0.2) is 8.42 Å². The number of aryl methyl sites for hydroxylation is 1. The average molecular weight is 1280 g/mol. The van der Waals surface area contributed by atoms with Gasteiger partial charge in [-0.1, -0.05) is 126 Å². The van der Waals surface area contributed by atoms with Crippen LogP contribution in [0, 0.1) is 6.92 Å². The lowest BCUT2D eigenvalue weighted by molar-refractivity contribution is -0.401. The number of allylic oxidation sites excluding steroid dienone is 12. The fourth-order valence-corrected chi connectivity index (χ4v) is 13.6. The minimum atomic E-state index is -4.60. The smallest absolute Gasteiger partial charge is 0.219 e. The number of nitrogens with zero attached hydrogens (tertiary/aromatic N) is 4. The van der Waals surface area contributed by atoms with Crippen LogP contribution in [-0.2, 0) is 51.0 Å². The molecule has 93 heavy (non-hydrogen) atoms. The number of carbonyl (C=O) groups excluding carboxylic acids is 4. The van der Waals surface area contributed by atoms with Crippen LogP contribution in [-0.4, -0.2) is 97.2 Å². The molecular formula is C79H103N6O7S+. The number of rotatable bonds is 28. The van der Waals surface area contributed by atoms with E-state index in [1.54, 1.807) is 6.07 Å². The molecule has 4 aliphatic rings. The lowest BCUT2D eigenvalue weighted by atomic mass is 9.81. The first-order valence-corrected chi connectivity index (χ1v) is 34.0. The molecule has 13 nitrogen and oxygen atoms in total. The Labute approximate surface area is 557 Å². The molecule has 4 aromatic rings. The van der Waals surface area contributed by atoms with Crippen molar-refractivity contribution in [2.45, 2.75) is 166 Å². The van der Waals surface area contributed by atoms with Gasteiger partial charge in [0.2, 0.25) is 23.2 Å². The first-order valence-electron chi connectivity index (χ1n) is 32.6. The van der Waals surface area contributed by atoms with Crippen molar-refractivity contribution < 1.29 is 41.3 Å². The van der Waals surface area contributed by atoms with Gasteiger partial charge >= 0.3 is 0 Å². The van der Waals surface area contributed by atoms with E-state index in [1.165, 1.54) is 80.7 Å². The summed E-state index contributed by atoms with van der Waals surface area (Å²) in [6.07, 6.45) is 27.9. The van der Waals surface area contributed by atoms with Crippen molar-refractivity contribution in [1.29, 1.82) is 0 Å². The number of ketones is 2. The molecule has 0 saturated heterocycles. The molecule has 4 aromatic carbocycles. The zero-order valence-corrected chi connectivity index (χ0v) is 58.3. The maximum atomic E-state index is 12.2. The number of para-hydroxylation sites is 2. The standard InChI is InChI=1S/C39H49N3O5S.C36H45N3O2.2C2H4/c1-8-29(43)16-15-24-40-37(44)19-13-10-14-25-42-34-23-21-30(48(45,46)47)27-32(34)39(5,6)36(42)18-12-9-11-17-35-38(3,4)31-26-28(2)20-22-33(31)41(35)7;1-7-27(40)17-16-25-37-34(41)24-9-8-14-26-39-31-21-13-11-19-29(31)36(4,5)33(39)23-15-22-32-35(2,3)28-18-10-12-20-30(28)38(32)6;2*1-2/h8-9,11-12,17-18,20-23,26-27H,1,10,13-16,19,24-25H2,2-7H3,(H-,40,44,45,46,47);7,10-13,15,18-23H,1,8-9,14,16-17,24-26H2,2-6H3;2*1-2H2/p+1. The minimum Gasteiger partial charge on any atom is -0.744 e. The minimum absolute atomic E-state index is 0.0221. The molecular weight excluding hydrogens is 1180 g/mol. The average Bonchev–Trinajstić information content (AvgIpc) is 1.63. The predicted octanol–water partition coefficient (Wildman–Crippen LogP) is 15.7. The Balaban J connectivity index is 0.000000324. The fourth-order valence-electron chi connectivity index (χ4n) is 13.1. The second-order valence-electron chi connectivity index (χ2n) is 26.0. The van der Waals surface area contributed by atoms with Crippen molar-refractivity contribution in [3.8, 4) is 0 Å². The van der Waals surface area contributed by atoms with Gasteiger partial charge in [0.1, 0.15) is 24.2 Å². The Morgan fingerprint density at radius 3 is 1.49 bits per heavy atom.